The minimum atomic E-state index is -0.165. The molecule has 0 atom stereocenters. The second kappa shape index (κ2) is 10.2. The summed E-state index contributed by atoms with van der Waals surface area (Å²) in [5.74, 6) is 0. The molecule has 6 heteroatoms. The van der Waals surface area contributed by atoms with Crippen molar-refractivity contribution in [3.8, 4) is 11.1 Å². The zero-order valence-electron chi connectivity index (χ0n) is 30.8. The van der Waals surface area contributed by atoms with Crippen molar-refractivity contribution in [3.05, 3.63) is 164 Å². The zero-order valence-corrected chi connectivity index (χ0v) is 30.8. The molecular weight excluding hydrogens is 711 g/mol. The van der Waals surface area contributed by atoms with Gasteiger partial charge < -0.3 is 22.6 Å². The molecule has 0 amide bonds. The highest BCUT2D eigenvalue weighted by molar-refractivity contribution is 6.90. The Morgan fingerprint density at radius 1 is 0.414 bits per heavy atom. The number of para-hydroxylation sites is 4. The van der Waals surface area contributed by atoms with Crippen molar-refractivity contribution >= 4 is 133 Å². The Morgan fingerprint density at radius 3 is 1.86 bits per heavy atom. The van der Waals surface area contributed by atoms with Gasteiger partial charge >= 0.3 is 6.85 Å². The molecule has 6 heterocycles. The van der Waals surface area contributed by atoms with Crippen LogP contribution in [0.15, 0.2) is 177 Å². The highest BCUT2D eigenvalue weighted by Crippen LogP contribution is 2.51. The molecule has 58 heavy (non-hydrogen) atoms. The van der Waals surface area contributed by atoms with Crippen molar-refractivity contribution in [3.63, 3.8) is 0 Å². The summed E-state index contributed by atoms with van der Waals surface area (Å²) in [7, 11) is 0. The van der Waals surface area contributed by atoms with E-state index in [4.69, 9.17) is 13.3 Å². The van der Waals surface area contributed by atoms with Gasteiger partial charge in [-0.2, -0.15) is 0 Å². The van der Waals surface area contributed by atoms with Crippen molar-refractivity contribution in [1.29, 1.82) is 0 Å². The minimum Gasteiger partial charge on any atom is -0.456 e. The number of hydrogen-bond acceptors (Lipinski definition) is 4. The van der Waals surface area contributed by atoms with Gasteiger partial charge in [0.2, 0.25) is 0 Å². The van der Waals surface area contributed by atoms with Crippen LogP contribution in [0.5, 0.6) is 0 Å². The van der Waals surface area contributed by atoms with E-state index in [-0.39, 0.29) is 6.85 Å². The molecule has 0 radical (unpaired) electrons. The molecule has 0 N–H and O–H groups in total. The van der Waals surface area contributed by atoms with E-state index in [1.165, 1.54) is 54.6 Å². The summed E-state index contributed by atoms with van der Waals surface area (Å²) in [4.78, 5) is 2.50. The molecule has 5 nitrogen and oxygen atoms in total. The summed E-state index contributed by atoms with van der Waals surface area (Å²) in [6.07, 6.45) is 0. The summed E-state index contributed by atoms with van der Waals surface area (Å²) < 4.78 is 22.6. The molecule has 0 spiro atoms. The molecule has 4 aromatic heterocycles. The average Bonchev–Trinajstić information content (AvgIpc) is 4.02. The van der Waals surface area contributed by atoms with E-state index >= 15 is 0 Å². The highest BCUT2D eigenvalue weighted by atomic mass is 16.3. The fourth-order valence-electron chi connectivity index (χ4n) is 10.7. The van der Waals surface area contributed by atoms with Crippen LogP contribution in [0.4, 0.5) is 17.1 Å². The molecule has 0 saturated heterocycles. The van der Waals surface area contributed by atoms with Crippen LogP contribution in [0.2, 0.25) is 0 Å². The molecule has 2 aliphatic heterocycles. The Balaban J connectivity index is 1.17. The molecule has 0 unspecified atom stereocenters. The molecular formula is C52H27BN2O3. The topological polar surface area (TPSA) is 47.6 Å². The molecule has 9 aromatic carbocycles. The van der Waals surface area contributed by atoms with Gasteiger partial charge in [-0.1, -0.05) is 97.1 Å². The molecule has 13 aromatic rings. The van der Waals surface area contributed by atoms with Gasteiger partial charge in [0.1, 0.15) is 33.5 Å². The lowest BCUT2D eigenvalue weighted by molar-refractivity contribution is 0.668. The van der Waals surface area contributed by atoms with Crippen LogP contribution in [-0.2, 0) is 0 Å². The van der Waals surface area contributed by atoms with Crippen molar-refractivity contribution in [2.75, 3.05) is 4.90 Å². The predicted octanol–water partition coefficient (Wildman–Crippen LogP) is 13.1. The van der Waals surface area contributed by atoms with Crippen LogP contribution in [-0.4, -0.2) is 11.3 Å². The predicted molar refractivity (Wildman–Crippen MR) is 239 cm³/mol. The van der Waals surface area contributed by atoms with Crippen LogP contribution in [0.1, 0.15) is 0 Å². The van der Waals surface area contributed by atoms with Crippen molar-refractivity contribution < 1.29 is 13.3 Å². The van der Waals surface area contributed by atoms with Gasteiger partial charge in [-0.15, -0.1) is 0 Å². The van der Waals surface area contributed by atoms with E-state index in [0.29, 0.717) is 0 Å². The van der Waals surface area contributed by atoms with E-state index in [1.54, 1.807) is 0 Å². The molecule has 0 saturated carbocycles. The van der Waals surface area contributed by atoms with E-state index < -0.39 is 0 Å². The fraction of sp³-hybridized carbons (Fsp3) is 0. The smallest absolute Gasteiger partial charge is 0.333 e. The standard InChI is InChI=1S/C52H27BN2O3/c1-2-11-29-23-41-36(22-28(29)10-1)33-15-9-16-34-39-26-48-49(35-14-5-8-19-45(35)58-48)52-50(39)53(55(41)51(33)34)40-27-47-38(32-13-4-7-18-44(32)57-47)25-42(40)54(52)30-20-21-46-37(24-30)31-12-3-6-17-43(31)56-46/h1-27H. The van der Waals surface area contributed by atoms with Crippen LogP contribution in [0.3, 0.4) is 0 Å². The number of furan rings is 3. The third-order valence-corrected chi connectivity index (χ3v) is 13.1. The fourth-order valence-corrected chi connectivity index (χ4v) is 10.7. The number of anilines is 3. The summed E-state index contributed by atoms with van der Waals surface area (Å²) in [6, 6.07) is 59.2. The van der Waals surface area contributed by atoms with E-state index in [0.717, 1.165) is 82.9 Å². The highest BCUT2D eigenvalue weighted by Gasteiger charge is 2.45. The van der Waals surface area contributed by atoms with Gasteiger partial charge in [-0.3, -0.25) is 0 Å². The maximum atomic E-state index is 6.86. The van der Waals surface area contributed by atoms with Gasteiger partial charge in [0.15, 0.2) is 0 Å². The Bertz CT molecular complexity index is 4010. The summed E-state index contributed by atoms with van der Waals surface area (Å²) >= 11 is 0. The summed E-state index contributed by atoms with van der Waals surface area (Å²) in [5, 5.41) is 11.5. The first-order valence-corrected chi connectivity index (χ1v) is 19.9. The number of benzene rings is 9. The Morgan fingerprint density at radius 2 is 1.05 bits per heavy atom. The van der Waals surface area contributed by atoms with Crippen molar-refractivity contribution in [2.24, 2.45) is 0 Å². The molecule has 0 fully saturated rings. The summed E-state index contributed by atoms with van der Waals surface area (Å²) in [6.45, 7) is -0.165. The van der Waals surface area contributed by atoms with Crippen LogP contribution < -0.4 is 15.8 Å². The summed E-state index contributed by atoms with van der Waals surface area (Å²) in [5.41, 5.74) is 15.9. The SMILES string of the molecule is c1ccc2cc3c(cc2c1)c1cccc2c1n3B1c3cc4oc5ccccc5c4cc3N(c3ccc4oc5ccccc5c4c3)c3c1c-2cc1oc2ccccc2c31. The maximum Gasteiger partial charge on any atom is 0.333 e. The molecule has 0 aliphatic carbocycles. The molecule has 0 bridgehead atoms. The first kappa shape index (κ1) is 29.6. The second-order valence-electron chi connectivity index (χ2n) is 16.0. The van der Waals surface area contributed by atoms with Gasteiger partial charge in [0.05, 0.1) is 11.1 Å². The molecule has 2 aliphatic rings. The van der Waals surface area contributed by atoms with Crippen LogP contribution in [0.25, 0.3) is 110 Å². The van der Waals surface area contributed by atoms with E-state index in [2.05, 4.69) is 161 Å². The van der Waals surface area contributed by atoms with E-state index in [1.807, 2.05) is 12.1 Å². The Hall–Kier alpha value is -7.70. The largest absolute Gasteiger partial charge is 0.456 e. The van der Waals surface area contributed by atoms with Gasteiger partial charge in [0.25, 0.3) is 0 Å². The molecule has 15 rings (SSSR count). The van der Waals surface area contributed by atoms with E-state index in [9.17, 15) is 0 Å². The van der Waals surface area contributed by atoms with Crippen LogP contribution >= 0.6 is 0 Å². The van der Waals surface area contributed by atoms with Gasteiger partial charge in [-0.05, 0) is 94.0 Å². The minimum absolute atomic E-state index is 0.165. The number of rotatable bonds is 1. The first-order valence-electron chi connectivity index (χ1n) is 19.9. The monoisotopic (exact) mass is 738 g/mol. The third kappa shape index (κ3) is 3.52. The zero-order chi connectivity index (χ0) is 37.4. The number of hydrogen-bond donors (Lipinski definition) is 0. The first-order chi connectivity index (χ1) is 28.7. The third-order valence-electron chi connectivity index (χ3n) is 13.1. The second-order valence-corrected chi connectivity index (χ2v) is 16.0. The Labute approximate surface area is 329 Å². The lowest BCUT2D eigenvalue weighted by Gasteiger charge is -2.40. The normalized spacial score (nSPS) is 13.4. The number of fused-ring (bicyclic) bond motifs is 18. The van der Waals surface area contributed by atoms with Crippen LogP contribution in [0, 0.1) is 0 Å². The average molecular weight is 739 g/mol. The maximum absolute atomic E-state index is 6.86. The lowest BCUT2D eigenvalue weighted by atomic mass is 9.45. The van der Waals surface area contributed by atoms with Gasteiger partial charge in [0, 0.05) is 65.7 Å². The Kier molecular flexibility index (Phi) is 5.19. The van der Waals surface area contributed by atoms with Crippen molar-refractivity contribution in [1.82, 2.24) is 4.48 Å². The number of nitrogens with zero attached hydrogens (tertiary/aromatic N) is 2. The van der Waals surface area contributed by atoms with Gasteiger partial charge in [-0.25, -0.2) is 0 Å². The number of aromatic nitrogens is 1. The lowest BCUT2D eigenvalue weighted by Crippen LogP contribution is -2.56. The van der Waals surface area contributed by atoms with Crippen molar-refractivity contribution in [2.45, 2.75) is 0 Å². The quantitative estimate of drug-likeness (QED) is 0.157. The molecule has 266 valence electrons.